The second-order valence-electron chi connectivity index (χ2n) is 18.4. The molecule has 0 unspecified atom stereocenters. The second kappa shape index (κ2) is 18.0. The van der Waals surface area contributed by atoms with Crippen molar-refractivity contribution in [1.82, 2.24) is 14.5 Å². The van der Waals surface area contributed by atoms with Gasteiger partial charge in [-0.05, 0) is 56.5 Å². The van der Waals surface area contributed by atoms with Gasteiger partial charge in [-0.15, -0.1) is 0 Å². The number of fused-ring (bicyclic) bond motifs is 10. The van der Waals surface area contributed by atoms with Crippen molar-refractivity contribution in [2.24, 2.45) is 0 Å². The van der Waals surface area contributed by atoms with Gasteiger partial charge in [0, 0.05) is 21.5 Å². The van der Waals surface area contributed by atoms with Crippen LogP contribution in [0.5, 0.6) is 11.5 Å². The Morgan fingerprint density at radius 1 is 0.575 bits per heavy atom. The fraction of sp³-hybridized carbons (Fsp3) is 0.250. The highest BCUT2D eigenvalue weighted by Gasteiger charge is 2.84. The van der Waals surface area contributed by atoms with E-state index in [1.807, 2.05) is 60.7 Å². The number of aliphatic hydroxyl groups excluding tert-OH is 1. The fourth-order valence-corrected chi connectivity index (χ4v) is 10.9. The molecular formula is C56H49N3O14. The third kappa shape index (κ3) is 6.84. The number of hydrogen-bond donors (Lipinski definition) is 5. The Balaban J connectivity index is 1.38. The van der Waals surface area contributed by atoms with Gasteiger partial charge < -0.3 is 44.4 Å². The summed E-state index contributed by atoms with van der Waals surface area (Å²) in [5, 5.41) is 50.5. The number of hydrogen-bond acceptors (Lipinski definition) is 14. The number of carbonyl (C=O) groups excluding carboxylic acids is 6. The van der Waals surface area contributed by atoms with Crippen LogP contribution in [0.2, 0.25) is 0 Å². The van der Waals surface area contributed by atoms with Crippen LogP contribution in [-0.2, 0) is 54.2 Å². The smallest absolute Gasteiger partial charge is 0.264 e. The summed E-state index contributed by atoms with van der Waals surface area (Å²) in [5.74, 6) is -7.19. The molecule has 1 fully saturated rings. The number of aromatic nitrogens is 2. The van der Waals surface area contributed by atoms with Crippen LogP contribution in [0.1, 0.15) is 65.1 Å². The first kappa shape index (κ1) is 48.7. The summed E-state index contributed by atoms with van der Waals surface area (Å²) in [4.78, 5) is 92.9. The van der Waals surface area contributed by atoms with Gasteiger partial charge >= 0.3 is 0 Å². The number of aromatic amines is 1. The number of Topliss-reactive ketones (excluding diaryl/α,β-unsaturated/α-hetero) is 4. The maximum Gasteiger partial charge on any atom is 0.264 e. The van der Waals surface area contributed by atoms with Gasteiger partial charge in [-0.25, -0.2) is 4.90 Å². The molecule has 0 spiro atoms. The minimum Gasteiger partial charge on any atom is -0.487 e. The van der Waals surface area contributed by atoms with E-state index >= 15 is 14.4 Å². The number of amides is 2. The molecule has 0 aliphatic carbocycles. The molecule has 6 aromatic carbocycles. The van der Waals surface area contributed by atoms with E-state index in [2.05, 4.69) is 4.98 Å². The number of nitrogens with zero attached hydrogens (tertiary/aromatic N) is 2. The molecule has 1 saturated heterocycles. The average molecular weight is 988 g/mol. The molecule has 0 saturated carbocycles. The predicted molar refractivity (Wildman–Crippen MR) is 264 cm³/mol. The van der Waals surface area contributed by atoms with Crippen molar-refractivity contribution < 1.29 is 68.1 Å². The van der Waals surface area contributed by atoms with E-state index in [0.717, 1.165) is 41.4 Å². The second-order valence-corrected chi connectivity index (χ2v) is 18.4. The van der Waals surface area contributed by atoms with Gasteiger partial charge in [0.25, 0.3) is 11.8 Å². The molecule has 73 heavy (non-hydrogen) atoms. The van der Waals surface area contributed by atoms with E-state index in [1.165, 1.54) is 12.1 Å². The van der Waals surface area contributed by atoms with Crippen LogP contribution in [0, 0.1) is 0 Å². The summed E-state index contributed by atoms with van der Waals surface area (Å²) < 4.78 is 26.5. The van der Waals surface area contributed by atoms with E-state index < -0.39 is 76.9 Å². The van der Waals surface area contributed by atoms with Crippen molar-refractivity contribution in [3.63, 3.8) is 0 Å². The first-order chi connectivity index (χ1) is 35.0. The molecular weight excluding hydrogens is 939 g/mol. The highest BCUT2D eigenvalue weighted by atomic mass is 16.6. The largest absolute Gasteiger partial charge is 0.487 e. The van der Waals surface area contributed by atoms with Gasteiger partial charge in [-0.1, -0.05) is 115 Å². The van der Waals surface area contributed by atoms with Gasteiger partial charge in [0.1, 0.15) is 37.5 Å². The van der Waals surface area contributed by atoms with Crippen LogP contribution in [0.25, 0.3) is 43.6 Å². The lowest BCUT2D eigenvalue weighted by atomic mass is 9.56. The number of rotatable bonds is 16. The van der Waals surface area contributed by atoms with Crippen LogP contribution in [0.4, 0.5) is 0 Å². The highest BCUT2D eigenvalue weighted by Crippen LogP contribution is 2.58. The Bertz CT molecular complexity index is 3590. The Morgan fingerprint density at radius 3 is 1.60 bits per heavy atom. The molecule has 2 amide bonds. The van der Waals surface area contributed by atoms with Gasteiger partial charge in [0.15, 0.2) is 28.7 Å². The van der Waals surface area contributed by atoms with E-state index in [4.69, 9.17) is 18.9 Å². The number of nitrogens with one attached hydrogen (secondary N) is 1. The number of aliphatic hydroxyl groups is 4. The van der Waals surface area contributed by atoms with E-state index in [-0.39, 0.29) is 75.2 Å². The monoisotopic (exact) mass is 987 g/mol. The van der Waals surface area contributed by atoms with Crippen molar-refractivity contribution >= 4 is 78.6 Å². The summed E-state index contributed by atoms with van der Waals surface area (Å²) in [7, 11) is 0. The van der Waals surface area contributed by atoms with Crippen molar-refractivity contribution in [2.75, 3.05) is 13.3 Å². The molecule has 17 nitrogen and oxygen atoms in total. The molecule has 10 rings (SSSR count). The van der Waals surface area contributed by atoms with Crippen LogP contribution < -0.4 is 9.47 Å². The molecule has 4 heterocycles. The first-order valence-electron chi connectivity index (χ1n) is 23.4. The standard InChI is InChI=1S/C56H49N3O14/c1-31(61)53(67)42(26-60)73-56(34(4)64,55(69,33(3)63)54(53,68)32(2)62)59-49-39(23-15-25-41(49)72-29-37-20-12-7-13-21-37)44-46-45(51(65)58(52(46)66)30-70-27-35-16-8-5-9-17-35)43-38-22-14-24-40(47(38)57-48(43)50(44)59)71-28-36-18-10-6-11-19-36/h5-25,42,57,60,67-69H,26-30H2,1-4H3/t42-,53+,54+,55-,56-/m1/s1. The van der Waals surface area contributed by atoms with Crippen molar-refractivity contribution in [1.29, 1.82) is 0 Å². The minimum atomic E-state index is -3.96. The lowest BCUT2D eigenvalue weighted by Gasteiger charge is -2.61. The SMILES string of the molecule is CC(=O)[C@@]1(O)[C@](O)(C(C)=O)[C@](C(C)=O)(n2c3c(OCc4ccccc4)cccc3c3c4c(c5c6cccc(OCc7ccccc7)c6[nH]c5c32)C(=O)N(COCc2ccccc2)C4=O)O[C@H](CO)[C@@]1(O)C(C)=O. The molecule has 5 N–H and O–H groups in total. The van der Waals surface area contributed by atoms with Crippen molar-refractivity contribution in [3.05, 3.63) is 155 Å². The quantitative estimate of drug-likeness (QED) is 0.0703. The van der Waals surface area contributed by atoms with Gasteiger partial charge in [-0.2, -0.15) is 0 Å². The van der Waals surface area contributed by atoms with Gasteiger partial charge in [0.2, 0.25) is 16.9 Å². The minimum absolute atomic E-state index is 0.00707. The molecule has 372 valence electrons. The van der Waals surface area contributed by atoms with Gasteiger partial charge in [-0.3, -0.25) is 33.3 Å². The molecule has 17 heteroatoms. The lowest BCUT2D eigenvalue weighted by molar-refractivity contribution is -0.362. The predicted octanol–water partition coefficient (Wildman–Crippen LogP) is 5.95. The number of H-pyrrole nitrogens is 1. The number of ether oxygens (including phenoxy) is 4. The summed E-state index contributed by atoms with van der Waals surface area (Å²) >= 11 is 0. The average Bonchev–Trinajstić information content (AvgIpc) is 4.03. The third-order valence-corrected chi connectivity index (χ3v) is 14.3. The molecule has 2 aromatic heterocycles. The summed E-state index contributed by atoms with van der Waals surface area (Å²) in [5.41, 5.74) is -13.1. The Morgan fingerprint density at radius 2 is 1.08 bits per heavy atom. The Hall–Kier alpha value is -7.90. The number of ketones is 4. The fourth-order valence-electron chi connectivity index (χ4n) is 10.9. The normalized spacial score (nSPS) is 22.8. The van der Waals surface area contributed by atoms with E-state index in [1.54, 1.807) is 54.6 Å². The van der Waals surface area contributed by atoms with Crippen LogP contribution in [-0.4, -0.2) is 106 Å². The summed E-state index contributed by atoms with van der Waals surface area (Å²) in [6, 6.07) is 36.9. The van der Waals surface area contributed by atoms with Crippen molar-refractivity contribution in [3.8, 4) is 11.5 Å². The van der Waals surface area contributed by atoms with Crippen LogP contribution in [0.15, 0.2) is 127 Å². The maximum atomic E-state index is 15.4. The third-order valence-electron chi connectivity index (χ3n) is 14.3. The maximum absolute atomic E-state index is 15.4. The lowest BCUT2D eigenvalue weighted by Crippen LogP contribution is -2.90. The molecule has 2 aliphatic heterocycles. The molecule has 0 bridgehead atoms. The number of carbonyl (C=O) groups is 6. The van der Waals surface area contributed by atoms with Crippen LogP contribution >= 0.6 is 0 Å². The van der Waals surface area contributed by atoms with Crippen LogP contribution in [0.3, 0.4) is 0 Å². The topological polar surface area (TPSA) is 244 Å². The highest BCUT2D eigenvalue weighted by molar-refractivity contribution is 6.40. The number of para-hydroxylation sites is 2. The van der Waals surface area contributed by atoms with E-state index in [0.29, 0.717) is 23.4 Å². The molecule has 5 atom stereocenters. The van der Waals surface area contributed by atoms with E-state index in [9.17, 15) is 34.8 Å². The Labute approximate surface area is 416 Å². The summed E-state index contributed by atoms with van der Waals surface area (Å²) in [6.07, 6.45) is -2.42. The molecule has 0 radical (unpaired) electrons. The summed E-state index contributed by atoms with van der Waals surface area (Å²) in [6.45, 7) is 1.18. The number of benzene rings is 6. The number of imide groups is 1. The van der Waals surface area contributed by atoms with Gasteiger partial charge in [0.05, 0.1) is 46.4 Å². The molecule has 2 aliphatic rings. The Kier molecular flexibility index (Phi) is 12.0. The zero-order valence-electron chi connectivity index (χ0n) is 40.0. The molecule has 8 aromatic rings. The zero-order valence-corrected chi connectivity index (χ0v) is 40.0. The van der Waals surface area contributed by atoms with Crippen molar-refractivity contribution in [2.45, 2.75) is 76.1 Å². The zero-order chi connectivity index (χ0) is 51.8. The first-order valence-corrected chi connectivity index (χ1v) is 23.4.